The summed E-state index contributed by atoms with van der Waals surface area (Å²) in [5, 5.41) is 3.16. The van der Waals surface area contributed by atoms with Crippen molar-refractivity contribution in [3.8, 4) is 0 Å². The molecule has 5 heteroatoms. The third-order valence-corrected chi connectivity index (χ3v) is 5.86. The molecule has 1 N–H and O–H groups in total. The van der Waals surface area contributed by atoms with Gasteiger partial charge in [-0.3, -0.25) is 4.90 Å². The summed E-state index contributed by atoms with van der Waals surface area (Å²) in [6.07, 6.45) is 4.55. The number of carbonyl (C=O) groups excluding carboxylic acids is 1. The molecule has 156 valence electrons. The van der Waals surface area contributed by atoms with Crippen LogP contribution < -0.4 is 5.32 Å². The van der Waals surface area contributed by atoms with Crippen LogP contribution in [0.4, 0.5) is 4.79 Å². The lowest BCUT2D eigenvalue weighted by atomic mass is 9.95. The Bertz CT molecular complexity index is 630. The Labute approximate surface area is 170 Å². The summed E-state index contributed by atoms with van der Waals surface area (Å²) in [7, 11) is 1.92. The van der Waals surface area contributed by atoms with Crippen LogP contribution in [0.5, 0.6) is 0 Å². The van der Waals surface area contributed by atoms with Crippen molar-refractivity contribution in [2.75, 3.05) is 39.8 Å². The molecule has 1 aliphatic carbocycles. The molecule has 0 aromatic heterocycles. The van der Waals surface area contributed by atoms with Crippen molar-refractivity contribution in [3.05, 3.63) is 35.4 Å². The van der Waals surface area contributed by atoms with Gasteiger partial charge in [-0.25, -0.2) is 4.79 Å². The number of benzene rings is 1. The standard InChI is InChI=1S/C23H37N3O2/c1-23(2,3)28-22(27)26(13-11-24-4)17-18-8-7-12-25(16-18)21-14-19-9-5-6-10-20(19)15-21/h5-6,9-10,18,21,24H,7-8,11-17H2,1-4H3. The highest BCUT2D eigenvalue weighted by Crippen LogP contribution is 2.29. The number of hydrogen-bond acceptors (Lipinski definition) is 4. The number of hydrogen-bond donors (Lipinski definition) is 1. The molecule has 1 fully saturated rings. The van der Waals surface area contributed by atoms with E-state index < -0.39 is 5.60 Å². The van der Waals surface area contributed by atoms with E-state index in [0.29, 0.717) is 18.5 Å². The second-order valence-electron chi connectivity index (χ2n) is 9.36. The van der Waals surface area contributed by atoms with E-state index in [4.69, 9.17) is 4.74 Å². The summed E-state index contributed by atoms with van der Waals surface area (Å²) in [6, 6.07) is 9.48. The predicted molar refractivity (Wildman–Crippen MR) is 114 cm³/mol. The van der Waals surface area contributed by atoms with Crippen LogP contribution in [-0.2, 0) is 17.6 Å². The van der Waals surface area contributed by atoms with E-state index in [1.165, 1.54) is 43.4 Å². The van der Waals surface area contributed by atoms with Gasteiger partial charge in [-0.2, -0.15) is 0 Å². The number of ether oxygens (including phenoxy) is 1. The summed E-state index contributed by atoms with van der Waals surface area (Å²) in [5.41, 5.74) is 2.57. The smallest absolute Gasteiger partial charge is 0.410 e. The molecule has 1 atom stereocenters. The number of piperidine rings is 1. The molecule has 1 saturated heterocycles. The average Bonchev–Trinajstić information content (AvgIpc) is 3.08. The van der Waals surface area contributed by atoms with Crippen molar-refractivity contribution >= 4 is 6.09 Å². The number of amides is 1. The third-order valence-electron chi connectivity index (χ3n) is 5.86. The average molecular weight is 388 g/mol. The van der Waals surface area contributed by atoms with Crippen molar-refractivity contribution in [3.63, 3.8) is 0 Å². The number of carbonyl (C=O) groups is 1. The highest BCUT2D eigenvalue weighted by Gasteiger charge is 2.32. The van der Waals surface area contributed by atoms with Gasteiger partial charge in [-0.1, -0.05) is 24.3 Å². The summed E-state index contributed by atoms with van der Waals surface area (Å²) >= 11 is 0. The molecule has 0 spiro atoms. The van der Waals surface area contributed by atoms with Crippen molar-refractivity contribution < 1.29 is 9.53 Å². The Hall–Kier alpha value is -1.59. The van der Waals surface area contributed by atoms with Gasteiger partial charge in [0.1, 0.15) is 5.60 Å². The molecule has 1 aliphatic heterocycles. The quantitative estimate of drug-likeness (QED) is 0.813. The molecule has 28 heavy (non-hydrogen) atoms. The second kappa shape index (κ2) is 9.27. The van der Waals surface area contributed by atoms with Crippen LogP contribution >= 0.6 is 0 Å². The molecule has 2 aliphatic rings. The molecule has 1 aromatic carbocycles. The highest BCUT2D eigenvalue weighted by atomic mass is 16.6. The zero-order valence-corrected chi connectivity index (χ0v) is 18.0. The number of nitrogens with one attached hydrogen (secondary N) is 1. The van der Waals surface area contributed by atoms with E-state index in [-0.39, 0.29) is 6.09 Å². The Morgan fingerprint density at radius 2 is 1.93 bits per heavy atom. The fourth-order valence-electron chi connectivity index (χ4n) is 4.51. The molecule has 1 heterocycles. The number of likely N-dealkylation sites (N-methyl/N-ethyl adjacent to an activating group) is 1. The third kappa shape index (κ3) is 5.71. The number of rotatable bonds is 6. The van der Waals surface area contributed by atoms with Crippen LogP contribution in [0.15, 0.2) is 24.3 Å². The molecule has 0 bridgehead atoms. The second-order valence-corrected chi connectivity index (χ2v) is 9.36. The summed E-state index contributed by atoms with van der Waals surface area (Å²) in [6.45, 7) is 10.3. The summed E-state index contributed by atoms with van der Waals surface area (Å²) in [5.74, 6) is 0.516. The fourth-order valence-corrected chi connectivity index (χ4v) is 4.51. The molecule has 5 nitrogen and oxygen atoms in total. The van der Waals surface area contributed by atoms with Crippen LogP contribution in [0, 0.1) is 5.92 Å². The first kappa shape index (κ1) is 21.1. The minimum Gasteiger partial charge on any atom is -0.444 e. The van der Waals surface area contributed by atoms with Gasteiger partial charge in [0.15, 0.2) is 0 Å². The minimum absolute atomic E-state index is 0.187. The maximum atomic E-state index is 12.7. The molecular weight excluding hydrogens is 350 g/mol. The molecular formula is C23H37N3O2. The number of nitrogens with zero attached hydrogens (tertiary/aromatic N) is 2. The lowest BCUT2D eigenvalue weighted by Crippen LogP contribution is -2.48. The normalized spacial score (nSPS) is 20.8. The van der Waals surface area contributed by atoms with E-state index in [2.05, 4.69) is 34.5 Å². The van der Waals surface area contributed by atoms with E-state index in [0.717, 1.165) is 19.6 Å². The molecule has 3 rings (SSSR count). The van der Waals surface area contributed by atoms with Crippen molar-refractivity contribution in [2.45, 2.75) is 58.1 Å². The van der Waals surface area contributed by atoms with Gasteiger partial charge in [0, 0.05) is 32.2 Å². The van der Waals surface area contributed by atoms with Crippen LogP contribution in [-0.4, -0.2) is 67.3 Å². The van der Waals surface area contributed by atoms with E-state index in [9.17, 15) is 4.79 Å². The van der Waals surface area contributed by atoms with Crippen LogP contribution in [0.25, 0.3) is 0 Å². The van der Waals surface area contributed by atoms with Crippen LogP contribution in [0.1, 0.15) is 44.7 Å². The van der Waals surface area contributed by atoms with Crippen LogP contribution in [0.3, 0.4) is 0 Å². The zero-order chi connectivity index (χ0) is 20.1. The Morgan fingerprint density at radius 1 is 1.25 bits per heavy atom. The Morgan fingerprint density at radius 3 is 2.54 bits per heavy atom. The molecule has 1 amide bonds. The lowest BCUT2D eigenvalue weighted by Gasteiger charge is -2.39. The largest absolute Gasteiger partial charge is 0.444 e. The Kier molecular flexibility index (Phi) is 7.00. The van der Waals surface area contributed by atoms with Gasteiger partial charge in [0.2, 0.25) is 0 Å². The predicted octanol–water partition coefficient (Wildman–Crippen LogP) is 3.32. The first-order valence-electron chi connectivity index (χ1n) is 10.8. The Balaban J connectivity index is 1.58. The summed E-state index contributed by atoms with van der Waals surface area (Å²) < 4.78 is 5.65. The van der Waals surface area contributed by atoms with Gasteiger partial charge in [0.25, 0.3) is 0 Å². The molecule has 1 unspecified atom stereocenters. The number of fused-ring (bicyclic) bond motifs is 1. The SMILES string of the molecule is CNCCN(CC1CCCN(C2Cc3ccccc3C2)C1)C(=O)OC(C)(C)C. The lowest BCUT2D eigenvalue weighted by molar-refractivity contribution is 0.0177. The van der Waals surface area contributed by atoms with Gasteiger partial charge < -0.3 is 15.0 Å². The maximum absolute atomic E-state index is 12.7. The topological polar surface area (TPSA) is 44.8 Å². The first-order chi connectivity index (χ1) is 13.4. The molecule has 0 radical (unpaired) electrons. The molecule has 0 saturated carbocycles. The van der Waals surface area contributed by atoms with Crippen molar-refractivity contribution in [1.29, 1.82) is 0 Å². The zero-order valence-electron chi connectivity index (χ0n) is 18.0. The van der Waals surface area contributed by atoms with Crippen molar-refractivity contribution in [1.82, 2.24) is 15.1 Å². The fraction of sp³-hybridized carbons (Fsp3) is 0.696. The van der Waals surface area contributed by atoms with Gasteiger partial charge >= 0.3 is 6.09 Å². The number of likely N-dealkylation sites (tertiary alicyclic amines) is 1. The monoisotopic (exact) mass is 387 g/mol. The van der Waals surface area contributed by atoms with Gasteiger partial charge in [-0.15, -0.1) is 0 Å². The molecule has 1 aromatic rings. The van der Waals surface area contributed by atoms with E-state index in [1.54, 1.807) is 0 Å². The van der Waals surface area contributed by atoms with Crippen LogP contribution in [0.2, 0.25) is 0 Å². The van der Waals surface area contributed by atoms with Gasteiger partial charge in [0.05, 0.1) is 0 Å². The van der Waals surface area contributed by atoms with Crippen molar-refractivity contribution in [2.24, 2.45) is 5.92 Å². The maximum Gasteiger partial charge on any atom is 0.410 e. The van der Waals surface area contributed by atoms with E-state index in [1.807, 2.05) is 32.7 Å². The highest BCUT2D eigenvalue weighted by molar-refractivity contribution is 5.68. The summed E-state index contributed by atoms with van der Waals surface area (Å²) in [4.78, 5) is 17.3. The van der Waals surface area contributed by atoms with Gasteiger partial charge in [-0.05, 0) is 77.1 Å². The minimum atomic E-state index is -0.455. The van der Waals surface area contributed by atoms with E-state index >= 15 is 0 Å². The first-order valence-corrected chi connectivity index (χ1v) is 10.8.